The van der Waals surface area contributed by atoms with E-state index in [0.717, 1.165) is 18.3 Å². The summed E-state index contributed by atoms with van der Waals surface area (Å²) in [7, 11) is -3.51. The van der Waals surface area contributed by atoms with Gasteiger partial charge in [0.05, 0.1) is 28.6 Å². The third-order valence-electron chi connectivity index (χ3n) is 4.48. The zero-order valence-electron chi connectivity index (χ0n) is 21.1. The molecule has 0 aliphatic carbocycles. The zero-order chi connectivity index (χ0) is 30.9. The topological polar surface area (TPSA) is 113 Å². The standard InChI is InChI=1S/C22H13F8N3O5/c1-36-18-14(7-6-13(17(18)24)38-22(28,29)30)37-12-5-3-10(21(25,26)27)16(23)15(12)20(35)33-9-2-4-11(19(31)34)32-8-9/h2-8H,1H3,(H2,31,34)(H,33,35)/i1D3. The van der Waals surface area contributed by atoms with Crippen molar-refractivity contribution in [3.63, 3.8) is 0 Å². The summed E-state index contributed by atoms with van der Waals surface area (Å²) in [6, 6.07) is 3.36. The quantitative estimate of drug-likeness (QED) is 0.377. The first-order valence-corrected chi connectivity index (χ1v) is 9.69. The summed E-state index contributed by atoms with van der Waals surface area (Å²) in [5.41, 5.74) is 1.10. The number of carbonyl (C=O) groups is 2. The summed E-state index contributed by atoms with van der Waals surface area (Å²) in [6.45, 7) is 0. The predicted octanol–water partition coefficient (Wildman–Crippen LogP) is 5.43. The van der Waals surface area contributed by atoms with Crippen molar-refractivity contribution in [1.29, 1.82) is 0 Å². The van der Waals surface area contributed by atoms with E-state index in [1.807, 2.05) is 5.32 Å². The number of methoxy groups -OCH3 is 1. The minimum Gasteiger partial charge on any atom is -0.490 e. The third-order valence-corrected chi connectivity index (χ3v) is 4.48. The Balaban J connectivity index is 2.13. The fourth-order valence-electron chi connectivity index (χ4n) is 2.90. The van der Waals surface area contributed by atoms with E-state index in [-0.39, 0.29) is 17.4 Å². The summed E-state index contributed by atoms with van der Waals surface area (Å²) in [5, 5.41) is 1.99. The van der Waals surface area contributed by atoms with Crippen molar-refractivity contribution in [1.82, 2.24) is 4.98 Å². The van der Waals surface area contributed by atoms with Gasteiger partial charge in [0.25, 0.3) is 11.8 Å². The lowest BCUT2D eigenvalue weighted by Crippen LogP contribution is -2.19. The summed E-state index contributed by atoms with van der Waals surface area (Å²) < 4.78 is 142. The van der Waals surface area contributed by atoms with Crippen molar-refractivity contribution >= 4 is 17.5 Å². The van der Waals surface area contributed by atoms with Crippen LogP contribution in [0.3, 0.4) is 0 Å². The van der Waals surface area contributed by atoms with Crippen LogP contribution in [0.4, 0.5) is 40.8 Å². The van der Waals surface area contributed by atoms with Crippen molar-refractivity contribution in [2.24, 2.45) is 5.73 Å². The molecule has 0 radical (unpaired) electrons. The number of anilines is 1. The molecule has 0 aliphatic rings. The number of alkyl halides is 6. The first-order valence-electron chi connectivity index (χ1n) is 11.2. The Hall–Kier alpha value is -4.63. The zero-order valence-corrected chi connectivity index (χ0v) is 18.1. The second kappa shape index (κ2) is 10.4. The van der Waals surface area contributed by atoms with Gasteiger partial charge in [0.2, 0.25) is 11.6 Å². The number of aromatic nitrogens is 1. The second-order valence-corrected chi connectivity index (χ2v) is 7.01. The van der Waals surface area contributed by atoms with Crippen LogP contribution in [0.15, 0.2) is 42.6 Å². The summed E-state index contributed by atoms with van der Waals surface area (Å²) in [6.07, 6.45) is -9.92. The maximum absolute atomic E-state index is 15.1. The van der Waals surface area contributed by atoms with Gasteiger partial charge in [-0.2, -0.15) is 17.6 Å². The number of primary amides is 1. The predicted molar refractivity (Wildman–Crippen MR) is 112 cm³/mol. The first kappa shape index (κ1) is 23.7. The number of rotatable bonds is 7. The first-order chi connectivity index (χ1) is 18.8. The molecule has 8 nitrogen and oxygen atoms in total. The smallest absolute Gasteiger partial charge is 0.490 e. The molecule has 0 aliphatic heterocycles. The fraction of sp³-hybridized carbons (Fsp3) is 0.136. The molecule has 1 heterocycles. The number of benzene rings is 2. The van der Waals surface area contributed by atoms with Crippen LogP contribution in [0.1, 0.15) is 30.5 Å². The van der Waals surface area contributed by atoms with Gasteiger partial charge in [-0.05, 0) is 36.4 Å². The number of hydrogen-bond donors (Lipinski definition) is 2. The highest BCUT2D eigenvalue weighted by atomic mass is 19.4. The maximum Gasteiger partial charge on any atom is 0.573 e. The number of carbonyl (C=O) groups excluding carboxylic acids is 2. The Labute approximate surface area is 211 Å². The van der Waals surface area contributed by atoms with Gasteiger partial charge in [-0.3, -0.25) is 9.59 Å². The van der Waals surface area contributed by atoms with Crippen LogP contribution >= 0.6 is 0 Å². The van der Waals surface area contributed by atoms with Crippen molar-refractivity contribution < 1.29 is 63.0 Å². The molecular weight excluding hydrogens is 538 g/mol. The summed E-state index contributed by atoms with van der Waals surface area (Å²) in [5.74, 6) is -12.1. The molecule has 0 saturated heterocycles. The Bertz CT molecular complexity index is 1480. The van der Waals surface area contributed by atoms with Gasteiger partial charge in [-0.15, -0.1) is 13.2 Å². The van der Waals surface area contributed by atoms with Gasteiger partial charge in [0.15, 0.2) is 17.3 Å². The highest BCUT2D eigenvalue weighted by molar-refractivity contribution is 6.06. The summed E-state index contributed by atoms with van der Waals surface area (Å²) >= 11 is 0. The lowest BCUT2D eigenvalue weighted by Gasteiger charge is -2.18. The monoisotopic (exact) mass is 554 g/mol. The Morgan fingerprint density at radius 2 is 1.61 bits per heavy atom. The Kier molecular flexibility index (Phi) is 6.49. The van der Waals surface area contributed by atoms with E-state index in [1.165, 1.54) is 0 Å². The second-order valence-electron chi connectivity index (χ2n) is 7.01. The SMILES string of the molecule is [2H]C([2H])([2H])Oc1c(Oc2ccc(C(F)(F)F)c(F)c2C(=O)Nc2ccc(C(N)=O)nc2)ccc(OC(F)(F)F)c1F. The molecule has 0 saturated carbocycles. The average molecular weight is 554 g/mol. The lowest BCUT2D eigenvalue weighted by atomic mass is 10.1. The highest BCUT2D eigenvalue weighted by Crippen LogP contribution is 2.42. The highest BCUT2D eigenvalue weighted by Gasteiger charge is 2.38. The molecule has 38 heavy (non-hydrogen) atoms. The van der Waals surface area contributed by atoms with Gasteiger partial charge in [-0.1, -0.05) is 0 Å². The van der Waals surface area contributed by atoms with Gasteiger partial charge < -0.3 is 25.3 Å². The van der Waals surface area contributed by atoms with Gasteiger partial charge in [-0.25, -0.2) is 9.37 Å². The largest absolute Gasteiger partial charge is 0.573 e. The van der Waals surface area contributed by atoms with Crippen molar-refractivity contribution in [2.45, 2.75) is 12.5 Å². The Morgan fingerprint density at radius 3 is 2.16 bits per heavy atom. The van der Waals surface area contributed by atoms with E-state index in [1.54, 1.807) is 0 Å². The number of nitrogens with zero attached hydrogens (tertiary/aromatic N) is 1. The van der Waals surface area contributed by atoms with Crippen LogP contribution in [0, 0.1) is 11.6 Å². The molecule has 0 bridgehead atoms. The van der Waals surface area contributed by atoms with Crippen molar-refractivity contribution in [3.05, 3.63) is 71.1 Å². The van der Waals surface area contributed by atoms with Gasteiger partial charge >= 0.3 is 12.5 Å². The van der Waals surface area contributed by atoms with Crippen LogP contribution < -0.4 is 25.3 Å². The van der Waals surface area contributed by atoms with Crippen LogP contribution in [-0.4, -0.2) is 30.2 Å². The fourth-order valence-corrected chi connectivity index (χ4v) is 2.90. The van der Waals surface area contributed by atoms with Gasteiger partial charge in [0, 0.05) is 0 Å². The third kappa shape index (κ3) is 6.19. The maximum atomic E-state index is 15.1. The van der Waals surface area contributed by atoms with Crippen LogP contribution in [0.5, 0.6) is 23.0 Å². The van der Waals surface area contributed by atoms with E-state index < -0.39 is 77.2 Å². The van der Waals surface area contributed by atoms with E-state index in [9.17, 15) is 40.3 Å². The minimum absolute atomic E-state index is 0.131. The summed E-state index contributed by atoms with van der Waals surface area (Å²) in [4.78, 5) is 27.6. The van der Waals surface area contributed by atoms with Crippen LogP contribution in [0.2, 0.25) is 0 Å². The number of amides is 2. The van der Waals surface area contributed by atoms with E-state index >= 15 is 4.39 Å². The van der Waals surface area contributed by atoms with E-state index in [4.69, 9.17) is 14.6 Å². The molecule has 0 unspecified atom stereocenters. The number of halogens is 8. The number of ether oxygens (including phenoxy) is 3. The molecule has 0 fully saturated rings. The molecular formula is C22H13F8N3O5. The van der Waals surface area contributed by atoms with Gasteiger partial charge in [0.1, 0.15) is 17.0 Å². The van der Waals surface area contributed by atoms with Crippen LogP contribution in [0.25, 0.3) is 0 Å². The number of nitrogens with one attached hydrogen (secondary N) is 1. The number of hydrogen-bond acceptors (Lipinski definition) is 6. The van der Waals surface area contributed by atoms with Crippen molar-refractivity contribution in [2.75, 3.05) is 12.4 Å². The molecule has 202 valence electrons. The molecule has 0 spiro atoms. The number of pyridine rings is 1. The molecule has 3 N–H and O–H groups in total. The molecule has 2 amide bonds. The molecule has 0 atom stereocenters. The number of nitrogens with two attached hydrogens (primary N) is 1. The minimum atomic E-state index is -5.44. The lowest BCUT2D eigenvalue weighted by molar-refractivity contribution is -0.275. The Morgan fingerprint density at radius 1 is 0.947 bits per heavy atom. The normalized spacial score (nSPS) is 13.1. The average Bonchev–Trinajstić information content (AvgIpc) is 2.81. The van der Waals surface area contributed by atoms with E-state index in [2.05, 4.69) is 14.5 Å². The molecule has 2 aromatic carbocycles. The molecule has 3 aromatic rings. The van der Waals surface area contributed by atoms with E-state index in [0.29, 0.717) is 18.2 Å². The van der Waals surface area contributed by atoms with Crippen LogP contribution in [-0.2, 0) is 6.18 Å². The molecule has 3 rings (SSSR count). The molecule has 16 heteroatoms. The molecule has 1 aromatic heterocycles. The van der Waals surface area contributed by atoms with Crippen molar-refractivity contribution in [3.8, 4) is 23.0 Å².